The molecule has 2 nitrogen and oxygen atoms in total. The van der Waals surface area contributed by atoms with Crippen molar-refractivity contribution in [1.29, 1.82) is 0 Å². The molecule has 94 valence electrons. The van der Waals surface area contributed by atoms with E-state index in [0.29, 0.717) is 11.8 Å². The van der Waals surface area contributed by atoms with Crippen molar-refractivity contribution in [3.63, 3.8) is 0 Å². The molecule has 0 bridgehead atoms. The van der Waals surface area contributed by atoms with Crippen molar-refractivity contribution in [1.82, 2.24) is 5.32 Å². The van der Waals surface area contributed by atoms with Crippen molar-refractivity contribution in [2.75, 3.05) is 13.7 Å². The molecule has 1 N–H and O–H groups in total. The van der Waals surface area contributed by atoms with Crippen molar-refractivity contribution in [3.05, 3.63) is 29.8 Å². The van der Waals surface area contributed by atoms with Gasteiger partial charge >= 0.3 is 0 Å². The van der Waals surface area contributed by atoms with Crippen molar-refractivity contribution in [2.45, 2.75) is 38.6 Å². The van der Waals surface area contributed by atoms with Gasteiger partial charge in [0.2, 0.25) is 0 Å². The fraction of sp³-hybridized carbons (Fsp3) is 0.600. The van der Waals surface area contributed by atoms with Crippen LogP contribution >= 0.6 is 0 Å². The van der Waals surface area contributed by atoms with Crippen LogP contribution in [0.2, 0.25) is 0 Å². The highest BCUT2D eigenvalue weighted by molar-refractivity contribution is 5.31. The first-order valence-corrected chi connectivity index (χ1v) is 6.58. The quantitative estimate of drug-likeness (QED) is 0.814. The average Bonchev–Trinajstić information content (AvgIpc) is 3.13. The summed E-state index contributed by atoms with van der Waals surface area (Å²) in [6, 6.07) is 9.25. The summed E-state index contributed by atoms with van der Waals surface area (Å²) in [5.41, 5.74) is 1.38. The third-order valence-corrected chi connectivity index (χ3v) is 3.53. The molecule has 1 aromatic rings. The van der Waals surface area contributed by atoms with Gasteiger partial charge in [-0.3, -0.25) is 0 Å². The first kappa shape index (κ1) is 12.4. The fourth-order valence-electron chi connectivity index (χ4n) is 2.19. The van der Waals surface area contributed by atoms with Gasteiger partial charge in [-0.15, -0.1) is 0 Å². The molecule has 0 amide bonds. The van der Waals surface area contributed by atoms with Crippen LogP contribution < -0.4 is 10.1 Å². The maximum Gasteiger partial charge on any atom is 0.119 e. The highest BCUT2D eigenvalue weighted by atomic mass is 16.5. The number of benzene rings is 1. The Balaban J connectivity index is 2.06. The summed E-state index contributed by atoms with van der Waals surface area (Å²) in [5.74, 6) is 2.18. The molecule has 0 spiro atoms. The summed E-state index contributed by atoms with van der Waals surface area (Å²) in [5, 5.41) is 3.63. The van der Waals surface area contributed by atoms with Crippen LogP contribution in [0.15, 0.2) is 24.3 Å². The molecule has 1 aromatic carbocycles. The maximum atomic E-state index is 5.30. The van der Waals surface area contributed by atoms with Gasteiger partial charge in [0, 0.05) is 12.6 Å². The van der Waals surface area contributed by atoms with E-state index < -0.39 is 0 Å². The lowest BCUT2D eigenvalue weighted by molar-refractivity contribution is 0.410. The van der Waals surface area contributed by atoms with Crippen molar-refractivity contribution < 1.29 is 4.74 Å². The van der Waals surface area contributed by atoms with Gasteiger partial charge in [0.25, 0.3) is 0 Å². The zero-order valence-corrected chi connectivity index (χ0v) is 11.1. The molecule has 2 rings (SSSR count). The van der Waals surface area contributed by atoms with Crippen LogP contribution in [0.1, 0.15) is 38.2 Å². The first-order valence-electron chi connectivity index (χ1n) is 6.58. The zero-order chi connectivity index (χ0) is 12.3. The number of rotatable bonds is 6. The van der Waals surface area contributed by atoms with E-state index in [4.69, 9.17) is 4.74 Å². The standard InChI is InChI=1S/C15H23NO/c1-11(2)15(10-16-13-7-8-13)12-5-4-6-14(9-12)17-3/h4-6,9,11,13,15-16H,7-8,10H2,1-3H3. The Morgan fingerprint density at radius 1 is 1.35 bits per heavy atom. The highest BCUT2D eigenvalue weighted by Gasteiger charge is 2.23. The molecular formula is C15H23NO. The molecule has 0 aromatic heterocycles. The van der Waals surface area contributed by atoms with Gasteiger partial charge in [-0.2, -0.15) is 0 Å². The second kappa shape index (κ2) is 5.54. The summed E-state index contributed by atoms with van der Waals surface area (Å²) in [7, 11) is 1.73. The lowest BCUT2D eigenvalue weighted by Gasteiger charge is -2.22. The van der Waals surface area contributed by atoms with Gasteiger partial charge in [0.05, 0.1) is 7.11 Å². The third-order valence-electron chi connectivity index (χ3n) is 3.53. The van der Waals surface area contributed by atoms with Gasteiger partial charge in [-0.25, -0.2) is 0 Å². The lowest BCUT2D eigenvalue weighted by Crippen LogP contribution is -2.26. The summed E-state index contributed by atoms with van der Waals surface area (Å²) in [4.78, 5) is 0. The Morgan fingerprint density at radius 3 is 2.71 bits per heavy atom. The second-order valence-electron chi connectivity index (χ2n) is 5.31. The Morgan fingerprint density at radius 2 is 2.12 bits per heavy atom. The Labute approximate surface area is 104 Å². The number of nitrogens with one attached hydrogen (secondary N) is 1. The van der Waals surface area contributed by atoms with Crippen LogP contribution in [-0.2, 0) is 0 Å². The van der Waals surface area contributed by atoms with Crippen molar-refractivity contribution in [3.8, 4) is 5.75 Å². The van der Waals surface area contributed by atoms with Crippen LogP contribution in [0.5, 0.6) is 5.75 Å². The molecule has 0 aliphatic heterocycles. The van der Waals surface area contributed by atoms with E-state index in [9.17, 15) is 0 Å². The minimum atomic E-state index is 0.575. The molecule has 0 radical (unpaired) electrons. The summed E-state index contributed by atoms with van der Waals surface area (Å²) >= 11 is 0. The van der Waals surface area contributed by atoms with Gasteiger partial charge in [0.15, 0.2) is 0 Å². The molecule has 17 heavy (non-hydrogen) atoms. The topological polar surface area (TPSA) is 21.3 Å². The van der Waals surface area contributed by atoms with Crippen LogP contribution in [-0.4, -0.2) is 19.7 Å². The Hall–Kier alpha value is -1.02. The van der Waals surface area contributed by atoms with Crippen molar-refractivity contribution in [2.24, 2.45) is 5.92 Å². The molecule has 0 heterocycles. The smallest absolute Gasteiger partial charge is 0.119 e. The molecular weight excluding hydrogens is 210 g/mol. The maximum absolute atomic E-state index is 5.30. The molecule has 1 aliphatic carbocycles. The summed E-state index contributed by atoms with van der Waals surface area (Å²) in [6.45, 7) is 5.66. The third kappa shape index (κ3) is 3.47. The van der Waals surface area contributed by atoms with Crippen LogP contribution in [0, 0.1) is 5.92 Å². The molecule has 1 saturated carbocycles. The molecule has 1 atom stereocenters. The zero-order valence-electron chi connectivity index (χ0n) is 11.1. The summed E-state index contributed by atoms with van der Waals surface area (Å²) in [6.07, 6.45) is 2.70. The number of methoxy groups -OCH3 is 1. The van der Waals surface area contributed by atoms with Crippen molar-refractivity contribution >= 4 is 0 Å². The average molecular weight is 233 g/mol. The molecule has 1 fully saturated rings. The lowest BCUT2D eigenvalue weighted by atomic mass is 9.88. The molecule has 1 unspecified atom stereocenters. The number of ether oxygens (including phenoxy) is 1. The van der Waals surface area contributed by atoms with Gasteiger partial charge in [-0.1, -0.05) is 26.0 Å². The normalized spacial score (nSPS) is 17.2. The van der Waals surface area contributed by atoms with E-state index >= 15 is 0 Å². The minimum Gasteiger partial charge on any atom is -0.497 e. The molecule has 0 saturated heterocycles. The van der Waals surface area contributed by atoms with Crippen LogP contribution in [0.4, 0.5) is 0 Å². The van der Waals surface area contributed by atoms with E-state index in [-0.39, 0.29) is 0 Å². The molecule has 2 heteroatoms. The predicted octanol–water partition coefficient (Wildman–Crippen LogP) is 3.19. The summed E-state index contributed by atoms with van der Waals surface area (Å²) < 4.78 is 5.30. The number of hydrogen-bond acceptors (Lipinski definition) is 2. The van der Waals surface area contributed by atoms with E-state index in [2.05, 4.69) is 37.4 Å². The van der Waals surface area contributed by atoms with Crippen LogP contribution in [0.25, 0.3) is 0 Å². The largest absolute Gasteiger partial charge is 0.497 e. The second-order valence-corrected chi connectivity index (χ2v) is 5.31. The first-order chi connectivity index (χ1) is 8.20. The number of hydrogen-bond donors (Lipinski definition) is 1. The van der Waals surface area contributed by atoms with Gasteiger partial charge in [-0.05, 0) is 42.4 Å². The van der Waals surface area contributed by atoms with E-state index in [1.165, 1.54) is 18.4 Å². The van der Waals surface area contributed by atoms with E-state index in [1.54, 1.807) is 7.11 Å². The van der Waals surface area contributed by atoms with E-state index in [1.807, 2.05) is 6.07 Å². The van der Waals surface area contributed by atoms with Gasteiger partial charge in [0.1, 0.15) is 5.75 Å². The highest BCUT2D eigenvalue weighted by Crippen LogP contribution is 2.28. The van der Waals surface area contributed by atoms with E-state index in [0.717, 1.165) is 18.3 Å². The minimum absolute atomic E-state index is 0.575. The predicted molar refractivity (Wildman–Crippen MR) is 71.6 cm³/mol. The van der Waals surface area contributed by atoms with Crippen LogP contribution in [0.3, 0.4) is 0 Å². The fourth-order valence-corrected chi connectivity index (χ4v) is 2.19. The SMILES string of the molecule is COc1cccc(C(CNC2CC2)C(C)C)c1. The van der Waals surface area contributed by atoms with Gasteiger partial charge < -0.3 is 10.1 Å². The molecule has 1 aliphatic rings. The Kier molecular flexibility index (Phi) is 4.06. The monoisotopic (exact) mass is 233 g/mol. The Bertz CT molecular complexity index is 358.